The lowest BCUT2D eigenvalue weighted by Crippen LogP contribution is -2.38. The number of hydrogen-bond acceptors (Lipinski definition) is 3. The van der Waals surface area contributed by atoms with E-state index in [0.717, 1.165) is 12.8 Å². The second-order valence-electron chi connectivity index (χ2n) is 3.58. The molecule has 0 bridgehead atoms. The third-order valence-electron chi connectivity index (χ3n) is 2.67. The van der Waals surface area contributed by atoms with Gasteiger partial charge in [0.1, 0.15) is 0 Å². The molecular weight excluding hydrogens is 187 g/mol. The Morgan fingerprint density at radius 2 is 1.46 bits per heavy atom. The summed E-state index contributed by atoms with van der Waals surface area (Å²) in [5.41, 5.74) is 0. The van der Waals surface area contributed by atoms with Crippen LogP contribution in [0.25, 0.3) is 0 Å². The normalized spacial score (nSPS) is 13.3. The number of hydrogen-bond donors (Lipinski definition) is 0. The van der Waals surface area contributed by atoms with Crippen molar-refractivity contribution < 1.29 is 14.4 Å². The van der Waals surface area contributed by atoms with Crippen LogP contribution in [0.1, 0.15) is 52.9 Å². The molecule has 0 fully saturated rings. The molecule has 0 radical (unpaired) electrons. The average Bonchev–Trinajstić information content (AvgIpc) is 2.02. The Morgan fingerprint density at radius 3 is 1.62 bits per heavy atom. The largest absolute Gasteiger partial charge is 0.810 e. The molecule has 0 atom stereocenters. The Balaban J connectivity index is 4.75. The summed E-state index contributed by atoms with van der Waals surface area (Å²) >= 11 is 0. The molecule has 13 heavy (non-hydrogen) atoms. The van der Waals surface area contributed by atoms with E-state index < -0.39 is 12.8 Å². The Hall–Kier alpha value is 0.150. The zero-order valence-corrected chi connectivity index (χ0v) is 9.60. The van der Waals surface area contributed by atoms with Crippen LogP contribution in [0.15, 0.2) is 0 Å². The summed E-state index contributed by atoms with van der Waals surface area (Å²) < 4.78 is 11.1. The fraction of sp³-hybridized carbons (Fsp3) is 1.00. The van der Waals surface area contributed by atoms with Crippen LogP contribution in [0.5, 0.6) is 0 Å². The van der Waals surface area contributed by atoms with Crippen LogP contribution in [0, 0.1) is 0 Å². The van der Waals surface area contributed by atoms with Crippen molar-refractivity contribution in [2.45, 2.75) is 58.0 Å². The minimum absolute atomic E-state index is 0.443. The molecule has 0 saturated carbocycles. The summed E-state index contributed by atoms with van der Waals surface area (Å²) in [6, 6.07) is 0. The molecule has 0 aliphatic rings. The highest BCUT2D eigenvalue weighted by Crippen LogP contribution is 2.51. The molecule has 3 nitrogen and oxygen atoms in total. The maximum Gasteiger partial charge on any atom is -0.00224 e. The first-order chi connectivity index (χ1) is 5.93. The predicted octanol–water partition coefficient (Wildman–Crippen LogP) is 1.65. The van der Waals surface area contributed by atoms with E-state index in [9.17, 15) is 14.4 Å². The first-order valence-corrected chi connectivity index (χ1v) is 6.50. The Morgan fingerprint density at radius 1 is 1.08 bits per heavy atom. The van der Waals surface area contributed by atoms with Gasteiger partial charge in [0.15, 0.2) is 0 Å². The quantitative estimate of drug-likeness (QED) is 0.621. The van der Waals surface area contributed by atoms with Gasteiger partial charge in [-0.2, -0.15) is 0 Å². The molecule has 0 spiro atoms. The first kappa shape index (κ1) is 13.2. The maximum absolute atomic E-state index is 11.1. The van der Waals surface area contributed by atoms with Crippen molar-refractivity contribution >= 4 is 7.60 Å². The molecule has 0 N–H and O–H groups in total. The molecule has 4 heteroatoms. The van der Waals surface area contributed by atoms with Gasteiger partial charge >= 0.3 is 0 Å². The summed E-state index contributed by atoms with van der Waals surface area (Å²) in [5.74, 6) is 0. The first-order valence-electron chi connectivity index (χ1n) is 4.95. The van der Waals surface area contributed by atoms with Crippen LogP contribution in [-0.4, -0.2) is 5.16 Å². The van der Waals surface area contributed by atoms with E-state index in [1.807, 2.05) is 13.8 Å². The topological polar surface area (TPSA) is 63.2 Å². The smallest absolute Gasteiger partial charge is 0.00224 e. The lowest BCUT2D eigenvalue weighted by Gasteiger charge is -2.50. The lowest BCUT2D eigenvalue weighted by molar-refractivity contribution is -0.321. The van der Waals surface area contributed by atoms with Crippen LogP contribution < -0.4 is 9.79 Å². The highest BCUT2D eigenvalue weighted by molar-refractivity contribution is 7.50. The summed E-state index contributed by atoms with van der Waals surface area (Å²) in [6.45, 7) is 5.61. The van der Waals surface area contributed by atoms with Gasteiger partial charge in [-0.25, -0.2) is 0 Å². The fourth-order valence-corrected chi connectivity index (χ4v) is 3.26. The molecule has 0 aromatic rings. The van der Waals surface area contributed by atoms with Crippen molar-refractivity contribution in [3.05, 3.63) is 0 Å². The van der Waals surface area contributed by atoms with Crippen molar-refractivity contribution in [1.29, 1.82) is 0 Å². The molecular formula is C9H19O3P-2. The van der Waals surface area contributed by atoms with Gasteiger partial charge in [0, 0.05) is 0 Å². The predicted molar refractivity (Wildman–Crippen MR) is 50.4 cm³/mol. The molecule has 0 heterocycles. The van der Waals surface area contributed by atoms with Crippen LogP contribution in [-0.2, 0) is 4.57 Å². The summed E-state index contributed by atoms with van der Waals surface area (Å²) in [6.07, 6.45) is 2.95. The van der Waals surface area contributed by atoms with Gasteiger partial charge in [0.05, 0.1) is 0 Å². The maximum atomic E-state index is 11.1. The molecule has 0 aliphatic heterocycles. The summed E-state index contributed by atoms with van der Waals surface area (Å²) in [7, 11) is -4.44. The van der Waals surface area contributed by atoms with E-state index >= 15 is 0 Å². The minimum Gasteiger partial charge on any atom is -0.810 e. The zero-order valence-electron chi connectivity index (χ0n) is 8.71. The average molecular weight is 206 g/mol. The van der Waals surface area contributed by atoms with Crippen molar-refractivity contribution in [3.8, 4) is 0 Å². The molecule has 0 aromatic heterocycles. The van der Waals surface area contributed by atoms with Crippen molar-refractivity contribution in [1.82, 2.24) is 0 Å². The monoisotopic (exact) mass is 206 g/mol. The van der Waals surface area contributed by atoms with Crippen molar-refractivity contribution in [2.24, 2.45) is 0 Å². The highest BCUT2D eigenvalue weighted by Gasteiger charge is 2.29. The SMILES string of the molecule is CCCC(CC)(CCC)P(=O)([O-])[O-]. The van der Waals surface area contributed by atoms with Gasteiger partial charge in [0.2, 0.25) is 0 Å². The van der Waals surface area contributed by atoms with E-state index in [1.54, 1.807) is 6.92 Å². The van der Waals surface area contributed by atoms with E-state index in [4.69, 9.17) is 0 Å². The van der Waals surface area contributed by atoms with Crippen molar-refractivity contribution in [2.75, 3.05) is 0 Å². The third-order valence-corrected chi connectivity index (χ3v) is 4.60. The number of rotatable bonds is 6. The molecule has 0 rings (SSSR count). The van der Waals surface area contributed by atoms with Gasteiger partial charge < -0.3 is 14.4 Å². The van der Waals surface area contributed by atoms with Gasteiger partial charge in [-0.15, -0.1) is 0 Å². The van der Waals surface area contributed by atoms with E-state index in [-0.39, 0.29) is 0 Å². The third kappa shape index (κ3) is 3.08. The molecule has 80 valence electrons. The van der Waals surface area contributed by atoms with E-state index in [1.165, 1.54) is 0 Å². The Bertz CT molecular complexity index is 179. The standard InChI is InChI=1S/C9H21O3P/c1-4-7-9(6-3,8-5-2)13(10,11)12/h4-8H2,1-3H3,(H2,10,11,12)/p-2. The van der Waals surface area contributed by atoms with Gasteiger partial charge in [-0.05, 0) is 24.4 Å². The molecule has 0 saturated heterocycles. The van der Waals surface area contributed by atoms with Crippen LogP contribution in [0.4, 0.5) is 0 Å². The van der Waals surface area contributed by atoms with Crippen LogP contribution >= 0.6 is 7.60 Å². The molecule has 0 aromatic carbocycles. The molecule has 0 amide bonds. The molecule has 0 aliphatic carbocycles. The van der Waals surface area contributed by atoms with E-state index in [0.29, 0.717) is 19.3 Å². The van der Waals surface area contributed by atoms with Gasteiger partial charge in [-0.3, -0.25) is 0 Å². The minimum atomic E-state index is -4.44. The fourth-order valence-electron chi connectivity index (χ4n) is 1.88. The van der Waals surface area contributed by atoms with Gasteiger partial charge in [0.25, 0.3) is 0 Å². The Labute approximate surface area is 80.7 Å². The summed E-state index contributed by atoms with van der Waals surface area (Å²) in [5, 5.41) is -0.976. The lowest BCUT2D eigenvalue weighted by atomic mass is 9.94. The second-order valence-corrected chi connectivity index (χ2v) is 5.52. The highest BCUT2D eigenvalue weighted by atomic mass is 31.2. The van der Waals surface area contributed by atoms with Crippen molar-refractivity contribution in [3.63, 3.8) is 0 Å². The molecule has 0 unspecified atom stereocenters. The van der Waals surface area contributed by atoms with E-state index in [2.05, 4.69) is 0 Å². The Kier molecular flexibility index (Phi) is 5.19. The zero-order chi connectivity index (χ0) is 10.5. The summed E-state index contributed by atoms with van der Waals surface area (Å²) in [4.78, 5) is 22.3. The second kappa shape index (κ2) is 5.14. The van der Waals surface area contributed by atoms with Gasteiger partial charge in [-0.1, -0.05) is 41.2 Å². The van der Waals surface area contributed by atoms with Crippen LogP contribution in [0.3, 0.4) is 0 Å². The van der Waals surface area contributed by atoms with Crippen LogP contribution in [0.2, 0.25) is 0 Å².